The van der Waals surface area contributed by atoms with Crippen LogP contribution >= 0.6 is 0 Å². The van der Waals surface area contributed by atoms with Gasteiger partial charge in [0.05, 0.1) is 14.2 Å². The molecule has 0 heterocycles. The van der Waals surface area contributed by atoms with E-state index in [9.17, 15) is 9.18 Å². The Morgan fingerprint density at radius 2 is 2.07 bits per heavy atom. The van der Waals surface area contributed by atoms with Crippen LogP contribution in [0.25, 0.3) is 0 Å². The van der Waals surface area contributed by atoms with Crippen molar-refractivity contribution in [3.05, 3.63) is 17.9 Å². The molecule has 1 aromatic carbocycles. The van der Waals surface area contributed by atoms with Crippen molar-refractivity contribution in [3.8, 4) is 11.5 Å². The van der Waals surface area contributed by atoms with Crippen LogP contribution in [0.5, 0.6) is 11.5 Å². The molecule has 1 rings (SSSR count). The fourth-order valence-corrected chi connectivity index (χ4v) is 1.04. The maximum atomic E-state index is 13.1. The van der Waals surface area contributed by atoms with Gasteiger partial charge in [0.1, 0.15) is 5.75 Å². The summed E-state index contributed by atoms with van der Waals surface area (Å²) >= 11 is 0. The molecule has 5 heteroatoms. The number of hydrogen-bond donors (Lipinski definition) is 0. The van der Waals surface area contributed by atoms with Gasteiger partial charge >= 0.3 is 0 Å². The highest BCUT2D eigenvalue weighted by molar-refractivity contribution is 5.66. The summed E-state index contributed by atoms with van der Waals surface area (Å²) in [7, 11) is 2.66. The summed E-state index contributed by atoms with van der Waals surface area (Å²) in [6.07, 6.45) is 1.31. The number of rotatable bonds is 3. The molecule has 0 saturated heterocycles. The van der Waals surface area contributed by atoms with Gasteiger partial charge in [-0.1, -0.05) is 0 Å². The number of ether oxygens (including phenoxy) is 2. The molecule has 14 heavy (non-hydrogen) atoms. The number of methoxy groups -OCH3 is 2. The third-order valence-electron chi connectivity index (χ3n) is 1.63. The lowest BCUT2D eigenvalue weighted by Crippen LogP contribution is -1.91. The van der Waals surface area contributed by atoms with E-state index in [2.05, 4.69) is 4.99 Å². The Morgan fingerprint density at radius 3 is 2.57 bits per heavy atom. The Balaban J connectivity index is 3.43. The van der Waals surface area contributed by atoms with Gasteiger partial charge in [-0.15, -0.1) is 0 Å². The lowest BCUT2D eigenvalue weighted by atomic mass is 10.2. The quantitative estimate of drug-likeness (QED) is 0.548. The topological polar surface area (TPSA) is 47.9 Å². The molecule has 0 atom stereocenters. The summed E-state index contributed by atoms with van der Waals surface area (Å²) in [4.78, 5) is 13.4. The predicted octanol–water partition coefficient (Wildman–Crippen LogP) is 1.81. The molecule has 0 unspecified atom stereocenters. The smallest absolute Gasteiger partial charge is 0.240 e. The van der Waals surface area contributed by atoms with E-state index in [1.165, 1.54) is 32.4 Å². The summed E-state index contributed by atoms with van der Waals surface area (Å²) in [6, 6.07) is 2.52. The third-order valence-corrected chi connectivity index (χ3v) is 1.63. The lowest BCUT2D eigenvalue weighted by Gasteiger charge is -2.08. The van der Waals surface area contributed by atoms with Gasteiger partial charge in [-0.3, -0.25) is 0 Å². The van der Waals surface area contributed by atoms with Crippen LogP contribution in [-0.4, -0.2) is 20.3 Å². The van der Waals surface area contributed by atoms with Crippen LogP contribution in [0.1, 0.15) is 0 Å². The molecule has 0 N–H and O–H groups in total. The van der Waals surface area contributed by atoms with Gasteiger partial charge in [-0.05, 0) is 12.1 Å². The number of halogens is 1. The molecule has 4 nitrogen and oxygen atoms in total. The predicted molar refractivity (Wildman–Crippen MR) is 47.3 cm³/mol. The first-order valence-corrected chi connectivity index (χ1v) is 3.73. The second-order valence-electron chi connectivity index (χ2n) is 2.33. The van der Waals surface area contributed by atoms with Crippen molar-refractivity contribution < 1.29 is 18.7 Å². The van der Waals surface area contributed by atoms with Gasteiger partial charge in [-0.25, -0.2) is 9.18 Å². The standard InChI is InChI=1S/C9H8FNO3/c1-13-7-4-3-6(10)9(14-2)8(7)11-5-12/h3-4H,1-2H3. The van der Waals surface area contributed by atoms with Crippen LogP contribution in [-0.2, 0) is 4.79 Å². The monoisotopic (exact) mass is 197 g/mol. The van der Waals surface area contributed by atoms with E-state index in [0.29, 0.717) is 0 Å². The van der Waals surface area contributed by atoms with E-state index in [-0.39, 0.29) is 17.2 Å². The molecule has 0 saturated carbocycles. The third kappa shape index (κ3) is 1.72. The molecule has 0 aliphatic carbocycles. The van der Waals surface area contributed by atoms with Crippen molar-refractivity contribution in [3.63, 3.8) is 0 Å². The minimum atomic E-state index is -0.609. The van der Waals surface area contributed by atoms with Crippen molar-refractivity contribution in [2.24, 2.45) is 4.99 Å². The second kappa shape index (κ2) is 4.39. The van der Waals surface area contributed by atoms with Gasteiger partial charge < -0.3 is 9.47 Å². The zero-order valence-corrected chi connectivity index (χ0v) is 7.70. The summed E-state index contributed by atoms with van der Waals surface area (Å²) in [5.41, 5.74) is 0.00463. The van der Waals surface area contributed by atoms with Gasteiger partial charge in [0.2, 0.25) is 6.08 Å². The van der Waals surface area contributed by atoms with Crippen LogP contribution in [0.4, 0.5) is 10.1 Å². The van der Waals surface area contributed by atoms with Crippen molar-refractivity contribution in [2.45, 2.75) is 0 Å². The summed E-state index contributed by atoms with van der Waals surface area (Å²) in [5.74, 6) is -0.485. The highest BCUT2D eigenvalue weighted by atomic mass is 19.1. The molecule has 0 bridgehead atoms. The summed E-state index contributed by atoms with van der Waals surface area (Å²) < 4.78 is 22.7. The van der Waals surface area contributed by atoms with Crippen LogP contribution in [0, 0.1) is 5.82 Å². The van der Waals surface area contributed by atoms with Gasteiger partial charge in [-0.2, -0.15) is 4.99 Å². The van der Waals surface area contributed by atoms with Crippen LogP contribution < -0.4 is 9.47 Å². The first kappa shape index (κ1) is 10.2. The number of benzene rings is 1. The Bertz CT molecular complexity index is 386. The molecule has 0 amide bonds. The second-order valence-corrected chi connectivity index (χ2v) is 2.33. The molecule has 0 radical (unpaired) electrons. The molecule has 0 aliphatic heterocycles. The van der Waals surface area contributed by atoms with Crippen molar-refractivity contribution in [1.29, 1.82) is 0 Å². The molecule has 0 aliphatic rings. The van der Waals surface area contributed by atoms with Gasteiger partial charge in [0.15, 0.2) is 17.3 Å². The SMILES string of the molecule is COc1ccc(F)c(OC)c1N=C=O. The minimum Gasteiger partial charge on any atom is -0.494 e. The molecule has 0 spiro atoms. The summed E-state index contributed by atoms with van der Waals surface area (Å²) in [6.45, 7) is 0. The van der Waals surface area contributed by atoms with E-state index < -0.39 is 5.82 Å². The number of carbonyl (C=O) groups excluding carboxylic acids is 1. The molecular weight excluding hydrogens is 189 g/mol. The highest BCUT2D eigenvalue weighted by Gasteiger charge is 2.14. The van der Waals surface area contributed by atoms with Crippen molar-refractivity contribution >= 4 is 11.8 Å². The number of aliphatic imine (C=N–C) groups is 1. The zero-order valence-electron chi connectivity index (χ0n) is 7.70. The molecule has 0 aromatic heterocycles. The fraction of sp³-hybridized carbons (Fsp3) is 0.222. The summed E-state index contributed by atoms with van der Waals surface area (Å²) in [5, 5.41) is 0. The molecular formula is C9H8FNO3. The van der Waals surface area contributed by atoms with Crippen LogP contribution in [0.3, 0.4) is 0 Å². The zero-order chi connectivity index (χ0) is 10.6. The molecule has 0 fully saturated rings. The van der Waals surface area contributed by atoms with E-state index in [1.807, 2.05) is 0 Å². The van der Waals surface area contributed by atoms with Gasteiger partial charge in [0, 0.05) is 0 Å². The maximum absolute atomic E-state index is 13.1. The minimum absolute atomic E-state index is 0.00463. The average Bonchev–Trinajstić information content (AvgIpc) is 2.19. The maximum Gasteiger partial charge on any atom is 0.240 e. The van der Waals surface area contributed by atoms with Crippen molar-refractivity contribution in [2.75, 3.05) is 14.2 Å². The largest absolute Gasteiger partial charge is 0.494 e. The normalized spacial score (nSPS) is 9.07. The van der Waals surface area contributed by atoms with Crippen LogP contribution in [0.2, 0.25) is 0 Å². The average molecular weight is 197 g/mol. The van der Waals surface area contributed by atoms with E-state index in [4.69, 9.17) is 9.47 Å². The fourth-order valence-electron chi connectivity index (χ4n) is 1.04. The van der Waals surface area contributed by atoms with Gasteiger partial charge in [0.25, 0.3) is 0 Å². The number of hydrogen-bond acceptors (Lipinski definition) is 4. The first-order valence-electron chi connectivity index (χ1n) is 3.73. The van der Waals surface area contributed by atoms with Crippen LogP contribution in [0.15, 0.2) is 17.1 Å². The first-order chi connectivity index (χ1) is 6.74. The molecule has 74 valence electrons. The van der Waals surface area contributed by atoms with E-state index in [1.54, 1.807) is 0 Å². The highest BCUT2D eigenvalue weighted by Crippen LogP contribution is 2.38. The Morgan fingerprint density at radius 1 is 1.36 bits per heavy atom. The van der Waals surface area contributed by atoms with Crippen molar-refractivity contribution in [1.82, 2.24) is 0 Å². The Labute approximate surface area is 80.0 Å². The Kier molecular flexibility index (Phi) is 3.20. The van der Waals surface area contributed by atoms with E-state index in [0.717, 1.165) is 0 Å². The van der Waals surface area contributed by atoms with E-state index >= 15 is 0 Å². The lowest BCUT2D eigenvalue weighted by molar-refractivity contribution is 0.376. The Hall–Kier alpha value is -1.87. The molecule has 1 aromatic rings. The number of nitrogens with zero attached hydrogens (tertiary/aromatic N) is 1. The number of isocyanates is 1.